The largest absolute Gasteiger partial charge is 0.492 e. The molecule has 0 N–H and O–H groups in total. The van der Waals surface area contributed by atoms with Gasteiger partial charge in [-0.2, -0.15) is 0 Å². The Labute approximate surface area is 101 Å². The summed E-state index contributed by atoms with van der Waals surface area (Å²) in [4.78, 5) is 23.8. The number of halogens is 1. The maximum Gasteiger partial charge on any atom is 0.230 e. The van der Waals surface area contributed by atoms with Gasteiger partial charge in [-0.25, -0.2) is 0 Å². The lowest BCUT2D eigenvalue weighted by molar-refractivity contribution is 0.0913. The number of carbonyl (C=O) groups is 2. The van der Waals surface area contributed by atoms with Crippen molar-refractivity contribution in [3.05, 3.63) is 34.9 Å². The first-order valence-electron chi connectivity index (χ1n) is 4.69. The number of aryl methyl sites for hydroxylation is 1. The highest BCUT2D eigenvalue weighted by molar-refractivity contribution is 9.08. The highest BCUT2D eigenvalue weighted by Gasteiger charge is 2.31. The monoisotopic (exact) mass is 283 g/mol. The van der Waals surface area contributed by atoms with Gasteiger partial charge in [0.2, 0.25) is 11.6 Å². The molecule has 1 aliphatic rings. The van der Waals surface area contributed by atoms with Crippen molar-refractivity contribution in [2.45, 2.75) is 5.33 Å². The molecule has 0 fully saturated rings. The summed E-state index contributed by atoms with van der Waals surface area (Å²) >= 11 is 3.30. The molecule has 0 saturated carbocycles. The number of ether oxygens (including phenoxy) is 1. The summed E-state index contributed by atoms with van der Waals surface area (Å²) in [5.74, 6) is -0.320. The Morgan fingerprint density at radius 1 is 1.44 bits per heavy atom. The van der Waals surface area contributed by atoms with Gasteiger partial charge in [-0.3, -0.25) is 9.59 Å². The standard InChI is InChI=1S/C11H10BrNO3/c1-13-5-6(4-12)9-10(13)7(14)3-8(16-2)11(9)15/h3,5H,4H2,1-2H3. The van der Waals surface area contributed by atoms with Crippen LogP contribution in [0.3, 0.4) is 0 Å². The number of nitrogens with zero attached hydrogens (tertiary/aromatic N) is 1. The van der Waals surface area contributed by atoms with E-state index in [2.05, 4.69) is 15.9 Å². The van der Waals surface area contributed by atoms with E-state index < -0.39 is 0 Å². The number of rotatable bonds is 2. The number of carbonyl (C=O) groups excluding carboxylic acids is 2. The van der Waals surface area contributed by atoms with Crippen LogP contribution in [0.4, 0.5) is 0 Å². The number of hydrogen-bond acceptors (Lipinski definition) is 3. The van der Waals surface area contributed by atoms with E-state index in [0.29, 0.717) is 16.6 Å². The van der Waals surface area contributed by atoms with E-state index in [4.69, 9.17) is 4.74 Å². The molecule has 0 spiro atoms. The van der Waals surface area contributed by atoms with Crippen molar-refractivity contribution in [3.8, 4) is 0 Å². The normalized spacial score (nSPS) is 14.8. The third-order valence-corrected chi connectivity index (χ3v) is 3.17. The molecule has 0 radical (unpaired) electrons. The molecule has 0 bridgehead atoms. The van der Waals surface area contributed by atoms with Gasteiger partial charge < -0.3 is 9.30 Å². The molecule has 0 saturated heterocycles. The van der Waals surface area contributed by atoms with Crippen LogP contribution in [0.2, 0.25) is 0 Å². The minimum absolute atomic E-state index is 0.103. The molecule has 1 heterocycles. The van der Waals surface area contributed by atoms with E-state index in [1.54, 1.807) is 17.8 Å². The van der Waals surface area contributed by atoms with Gasteiger partial charge in [-0.15, -0.1) is 0 Å². The molecule has 5 heteroatoms. The maximum absolute atomic E-state index is 12.0. The van der Waals surface area contributed by atoms with Crippen molar-refractivity contribution in [3.63, 3.8) is 0 Å². The molecule has 4 nitrogen and oxygen atoms in total. The zero-order valence-electron chi connectivity index (χ0n) is 8.91. The average molecular weight is 284 g/mol. The fourth-order valence-electron chi connectivity index (χ4n) is 1.87. The molecule has 0 amide bonds. The van der Waals surface area contributed by atoms with Crippen LogP contribution >= 0.6 is 15.9 Å². The Morgan fingerprint density at radius 2 is 2.12 bits per heavy atom. The summed E-state index contributed by atoms with van der Waals surface area (Å²) in [5, 5.41) is 0.534. The topological polar surface area (TPSA) is 48.3 Å². The SMILES string of the molecule is COC1=CC(=O)c2c(c(CBr)cn2C)C1=O. The quantitative estimate of drug-likeness (QED) is 0.778. The molecule has 1 aromatic heterocycles. The van der Waals surface area contributed by atoms with E-state index in [1.807, 2.05) is 0 Å². The number of aromatic nitrogens is 1. The van der Waals surface area contributed by atoms with E-state index in [9.17, 15) is 9.59 Å². The molecular weight excluding hydrogens is 274 g/mol. The summed E-state index contributed by atoms with van der Waals surface area (Å²) < 4.78 is 6.58. The van der Waals surface area contributed by atoms with Crippen LogP contribution in [0.5, 0.6) is 0 Å². The number of fused-ring (bicyclic) bond motifs is 1. The fraction of sp³-hybridized carbons (Fsp3) is 0.273. The second-order valence-corrected chi connectivity index (χ2v) is 4.09. The van der Waals surface area contributed by atoms with E-state index >= 15 is 0 Å². The number of allylic oxidation sites excluding steroid dienone is 2. The maximum atomic E-state index is 12.0. The minimum Gasteiger partial charge on any atom is -0.492 e. The Morgan fingerprint density at radius 3 is 2.69 bits per heavy atom. The van der Waals surface area contributed by atoms with Gasteiger partial charge in [-0.1, -0.05) is 15.9 Å². The second kappa shape index (κ2) is 3.90. The fourth-order valence-corrected chi connectivity index (χ4v) is 2.30. The third-order valence-electron chi connectivity index (χ3n) is 2.57. The first-order valence-corrected chi connectivity index (χ1v) is 5.81. The highest BCUT2D eigenvalue weighted by Crippen LogP contribution is 2.27. The summed E-state index contributed by atoms with van der Waals surface area (Å²) in [6, 6.07) is 0. The Hall–Kier alpha value is -1.36. The number of hydrogen-bond donors (Lipinski definition) is 0. The van der Waals surface area contributed by atoms with Crippen molar-refractivity contribution in [1.82, 2.24) is 4.57 Å². The van der Waals surface area contributed by atoms with Gasteiger partial charge >= 0.3 is 0 Å². The number of ketones is 2. The molecule has 2 rings (SSSR count). The Bertz CT molecular complexity index is 514. The van der Waals surface area contributed by atoms with Crippen molar-refractivity contribution in [1.29, 1.82) is 0 Å². The molecule has 0 aromatic carbocycles. The lowest BCUT2D eigenvalue weighted by atomic mass is 9.97. The molecule has 0 atom stereocenters. The average Bonchev–Trinajstić information content (AvgIpc) is 2.61. The predicted molar refractivity (Wildman–Crippen MR) is 61.8 cm³/mol. The zero-order valence-corrected chi connectivity index (χ0v) is 10.5. The van der Waals surface area contributed by atoms with E-state index in [-0.39, 0.29) is 17.3 Å². The lowest BCUT2D eigenvalue weighted by Crippen LogP contribution is -2.19. The molecule has 0 unspecified atom stereocenters. The van der Waals surface area contributed by atoms with Crippen LogP contribution in [0.15, 0.2) is 18.0 Å². The summed E-state index contributed by atoms with van der Waals surface area (Å²) in [6.45, 7) is 0. The number of methoxy groups -OCH3 is 1. The van der Waals surface area contributed by atoms with Crippen LogP contribution in [0, 0.1) is 0 Å². The van der Waals surface area contributed by atoms with Gasteiger partial charge in [0, 0.05) is 24.7 Å². The van der Waals surface area contributed by atoms with Crippen LogP contribution in [0.1, 0.15) is 26.4 Å². The molecule has 1 aromatic rings. The predicted octanol–water partition coefficient (Wildman–Crippen LogP) is 1.83. The van der Waals surface area contributed by atoms with Crippen LogP contribution < -0.4 is 0 Å². The zero-order chi connectivity index (χ0) is 11.9. The number of Topliss-reactive ketones (excluding diaryl/α,β-unsaturated/α-hetero) is 1. The van der Waals surface area contributed by atoms with Crippen molar-refractivity contribution in [2.24, 2.45) is 7.05 Å². The van der Waals surface area contributed by atoms with Gasteiger partial charge in [0.15, 0.2) is 5.76 Å². The van der Waals surface area contributed by atoms with Gasteiger partial charge in [-0.05, 0) is 5.56 Å². The second-order valence-electron chi connectivity index (χ2n) is 3.53. The summed E-state index contributed by atoms with van der Waals surface area (Å²) in [7, 11) is 3.14. The molecule has 0 aliphatic heterocycles. The van der Waals surface area contributed by atoms with E-state index in [0.717, 1.165) is 5.56 Å². The molecule has 16 heavy (non-hydrogen) atoms. The molecule has 1 aliphatic carbocycles. The van der Waals surface area contributed by atoms with Gasteiger partial charge in [0.05, 0.1) is 12.7 Å². The molecular formula is C11H10BrNO3. The lowest BCUT2D eigenvalue weighted by Gasteiger charge is -2.12. The summed E-state index contributed by atoms with van der Waals surface area (Å²) in [5.41, 5.74) is 1.68. The smallest absolute Gasteiger partial charge is 0.230 e. The first kappa shape index (κ1) is 11.1. The first-order chi connectivity index (χ1) is 7.60. The molecule has 84 valence electrons. The summed E-state index contributed by atoms with van der Waals surface area (Å²) in [6.07, 6.45) is 3.02. The van der Waals surface area contributed by atoms with Crippen molar-refractivity contribution < 1.29 is 14.3 Å². The number of alkyl halides is 1. The Balaban J connectivity index is 2.68. The van der Waals surface area contributed by atoms with Crippen LogP contribution in [-0.4, -0.2) is 23.2 Å². The van der Waals surface area contributed by atoms with Gasteiger partial charge in [0.1, 0.15) is 5.69 Å². The highest BCUT2D eigenvalue weighted by atomic mass is 79.9. The van der Waals surface area contributed by atoms with Crippen molar-refractivity contribution in [2.75, 3.05) is 7.11 Å². The van der Waals surface area contributed by atoms with Gasteiger partial charge in [0.25, 0.3) is 0 Å². The minimum atomic E-state index is -0.229. The van der Waals surface area contributed by atoms with E-state index in [1.165, 1.54) is 13.2 Å². The van der Waals surface area contributed by atoms with Crippen molar-refractivity contribution >= 4 is 27.5 Å². The Kier molecular flexibility index (Phi) is 2.71. The van der Waals surface area contributed by atoms with Crippen LogP contribution in [-0.2, 0) is 17.1 Å². The third kappa shape index (κ3) is 1.43. The van der Waals surface area contributed by atoms with Crippen LogP contribution in [0.25, 0.3) is 0 Å².